The Morgan fingerprint density at radius 1 is 1.16 bits per heavy atom. The van der Waals surface area contributed by atoms with Crippen LogP contribution in [0.3, 0.4) is 0 Å². The normalized spacial score (nSPS) is 19.0. The molecule has 2 aliphatic rings. The molecule has 2 saturated heterocycles. The molecule has 0 aromatic heterocycles. The minimum atomic E-state index is -0.259. The number of benzene rings is 1. The fourth-order valence-corrected chi connectivity index (χ4v) is 5.89. The van der Waals surface area contributed by atoms with Crippen LogP contribution in [-0.4, -0.2) is 54.1 Å². The molecule has 2 aliphatic heterocycles. The van der Waals surface area contributed by atoms with Gasteiger partial charge in [-0.1, -0.05) is 12.1 Å². The Bertz CT molecular complexity index is 595. The molecule has 1 N–H and O–H groups in total. The summed E-state index contributed by atoms with van der Waals surface area (Å²) in [5.41, 5.74) is 1.98. The number of carbonyl (C=O) groups is 2. The molecule has 0 spiro atoms. The van der Waals surface area contributed by atoms with Gasteiger partial charge in [-0.05, 0) is 37.5 Å². The maximum Gasteiger partial charge on any atom is 0.409 e. The summed E-state index contributed by atoms with van der Waals surface area (Å²) >= 11 is 3.93. The summed E-state index contributed by atoms with van der Waals surface area (Å²) in [5.74, 6) is 2.36. The second-order valence-electron chi connectivity index (χ2n) is 6.13. The van der Waals surface area contributed by atoms with E-state index in [0.29, 0.717) is 29.8 Å². The zero-order chi connectivity index (χ0) is 17.6. The summed E-state index contributed by atoms with van der Waals surface area (Å²) in [6.07, 6.45) is 1.27. The number of piperidine rings is 1. The van der Waals surface area contributed by atoms with E-state index in [0.717, 1.165) is 12.8 Å². The van der Waals surface area contributed by atoms with E-state index in [4.69, 9.17) is 4.74 Å². The van der Waals surface area contributed by atoms with Gasteiger partial charge < -0.3 is 15.0 Å². The van der Waals surface area contributed by atoms with E-state index >= 15 is 0 Å². The van der Waals surface area contributed by atoms with Gasteiger partial charge in [0.2, 0.25) is 0 Å². The summed E-state index contributed by atoms with van der Waals surface area (Å²) in [4.78, 5) is 25.8. The van der Waals surface area contributed by atoms with Gasteiger partial charge in [-0.15, -0.1) is 23.5 Å². The van der Waals surface area contributed by atoms with Gasteiger partial charge in [-0.3, -0.25) is 4.79 Å². The van der Waals surface area contributed by atoms with Crippen LogP contribution in [0, 0.1) is 0 Å². The van der Waals surface area contributed by atoms with E-state index in [-0.39, 0.29) is 18.0 Å². The SMILES string of the molecule is CCOC(=O)N1CCC(NC(=O)c2ccc(C3SCCS3)cc2)CC1. The molecular weight excluding hydrogens is 356 g/mol. The summed E-state index contributed by atoms with van der Waals surface area (Å²) in [6, 6.07) is 8.07. The van der Waals surface area contributed by atoms with Crippen LogP contribution in [0.25, 0.3) is 0 Å². The molecule has 0 unspecified atom stereocenters. The van der Waals surface area contributed by atoms with Gasteiger partial charge >= 0.3 is 6.09 Å². The van der Waals surface area contributed by atoms with Crippen molar-refractivity contribution in [1.82, 2.24) is 10.2 Å². The number of nitrogens with zero attached hydrogens (tertiary/aromatic N) is 1. The number of carbonyl (C=O) groups excluding carboxylic acids is 2. The first-order valence-corrected chi connectivity index (χ1v) is 10.8. The standard InChI is InChI=1S/C18H24N2O3S2/c1-2-23-18(22)20-9-7-15(8-10-20)19-16(21)13-3-5-14(6-4-13)17-24-11-12-25-17/h3-6,15,17H,2,7-12H2,1H3,(H,19,21). The molecule has 136 valence electrons. The Morgan fingerprint density at radius 3 is 2.40 bits per heavy atom. The molecule has 2 heterocycles. The molecule has 0 atom stereocenters. The van der Waals surface area contributed by atoms with Crippen LogP contribution in [0.5, 0.6) is 0 Å². The third-order valence-corrected chi connectivity index (χ3v) is 7.53. The molecule has 2 amide bonds. The lowest BCUT2D eigenvalue weighted by molar-refractivity contribution is 0.0860. The molecular formula is C18H24N2O3S2. The summed E-state index contributed by atoms with van der Waals surface area (Å²) in [5, 5.41) is 3.09. The van der Waals surface area contributed by atoms with E-state index in [2.05, 4.69) is 17.4 Å². The van der Waals surface area contributed by atoms with E-state index in [1.807, 2.05) is 35.7 Å². The maximum absolute atomic E-state index is 12.4. The average molecular weight is 381 g/mol. The third kappa shape index (κ3) is 4.85. The maximum atomic E-state index is 12.4. The van der Waals surface area contributed by atoms with Crippen LogP contribution in [0.15, 0.2) is 24.3 Å². The number of nitrogens with one attached hydrogen (secondary N) is 1. The predicted molar refractivity (Wildman–Crippen MR) is 103 cm³/mol. The van der Waals surface area contributed by atoms with Crippen LogP contribution in [0.1, 0.15) is 40.3 Å². The first-order chi connectivity index (χ1) is 12.2. The summed E-state index contributed by atoms with van der Waals surface area (Å²) < 4.78 is 5.52. The smallest absolute Gasteiger partial charge is 0.409 e. The molecule has 1 aromatic rings. The number of likely N-dealkylation sites (tertiary alicyclic amines) is 1. The largest absolute Gasteiger partial charge is 0.450 e. The van der Waals surface area contributed by atoms with Crippen molar-refractivity contribution in [3.05, 3.63) is 35.4 Å². The van der Waals surface area contributed by atoms with E-state index in [9.17, 15) is 9.59 Å². The van der Waals surface area contributed by atoms with Gasteiger partial charge in [0, 0.05) is 36.2 Å². The first kappa shape index (κ1) is 18.5. The van der Waals surface area contributed by atoms with Crippen LogP contribution in [-0.2, 0) is 4.74 Å². The molecule has 3 rings (SSSR count). The molecule has 5 nitrogen and oxygen atoms in total. The van der Waals surface area contributed by atoms with Crippen molar-refractivity contribution in [3.8, 4) is 0 Å². The number of hydrogen-bond donors (Lipinski definition) is 1. The van der Waals surface area contributed by atoms with Gasteiger partial charge in [0.05, 0.1) is 11.2 Å². The Morgan fingerprint density at radius 2 is 1.80 bits per heavy atom. The zero-order valence-corrected chi connectivity index (χ0v) is 16.0. The quantitative estimate of drug-likeness (QED) is 0.866. The van der Waals surface area contributed by atoms with Crippen LogP contribution in [0.4, 0.5) is 4.79 Å². The number of hydrogen-bond acceptors (Lipinski definition) is 5. The van der Waals surface area contributed by atoms with Gasteiger partial charge in [0.15, 0.2) is 0 Å². The highest BCUT2D eigenvalue weighted by atomic mass is 32.2. The highest BCUT2D eigenvalue weighted by molar-refractivity contribution is 8.19. The van der Waals surface area contributed by atoms with Crippen LogP contribution < -0.4 is 5.32 Å². The van der Waals surface area contributed by atoms with E-state index in [1.165, 1.54) is 17.1 Å². The van der Waals surface area contributed by atoms with Crippen molar-refractivity contribution in [2.24, 2.45) is 0 Å². The van der Waals surface area contributed by atoms with E-state index in [1.54, 1.807) is 11.8 Å². The van der Waals surface area contributed by atoms with Crippen molar-refractivity contribution < 1.29 is 14.3 Å². The Kier molecular flexibility index (Phi) is 6.53. The van der Waals surface area contributed by atoms with Gasteiger partial charge in [0.25, 0.3) is 5.91 Å². The fourth-order valence-electron chi connectivity index (χ4n) is 3.03. The second kappa shape index (κ2) is 8.85. The zero-order valence-electron chi connectivity index (χ0n) is 14.4. The number of rotatable bonds is 4. The lowest BCUT2D eigenvalue weighted by Crippen LogP contribution is -2.46. The van der Waals surface area contributed by atoms with Crippen molar-refractivity contribution in [2.75, 3.05) is 31.2 Å². The molecule has 7 heteroatoms. The van der Waals surface area contributed by atoms with Gasteiger partial charge in [-0.2, -0.15) is 0 Å². The average Bonchev–Trinajstić information content (AvgIpc) is 3.17. The lowest BCUT2D eigenvalue weighted by atomic mass is 10.0. The van der Waals surface area contributed by atoms with E-state index < -0.39 is 0 Å². The molecule has 2 fully saturated rings. The fraction of sp³-hybridized carbons (Fsp3) is 0.556. The topological polar surface area (TPSA) is 58.6 Å². The second-order valence-corrected chi connectivity index (χ2v) is 8.85. The minimum absolute atomic E-state index is 0.0344. The van der Waals surface area contributed by atoms with Gasteiger partial charge in [0.1, 0.15) is 0 Å². The lowest BCUT2D eigenvalue weighted by Gasteiger charge is -2.31. The Labute approximate surface area is 157 Å². The molecule has 0 radical (unpaired) electrons. The first-order valence-electron chi connectivity index (χ1n) is 8.73. The third-order valence-electron chi connectivity index (χ3n) is 4.42. The highest BCUT2D eigenvalue weighted by Gasteiger charge is 2.25. The molecule has 1 aromatic carbocycles. The molecule has 0 saturated carbocycles. The monoisotopic (exact) mass is 380 g/mol. The van der Waals surface area contributed by atoms with Crippen LogP contribution >= 0.6 is 23.5 Å². The van der Waals surface area contributed by atoms with Gasteiger partial charge in [-0.25, -0.2) is 4.79 Å². The Hall–Kier alpha value is -1.34. The van der Waals surface area contributed by atoms with Crippen molar-refractivity contribution in [3.63, 3.8) is 0 Å². The van der Waals surface area contributed by atoms with Crippen molar-refractivity contribution in [1.29, 1.82) is 0 Å². The van der Waals surface area contributed by atoms with Crippen LogP contribution in [0.2, 0.25) is 0 Å². The minimum Gasteiger partial charge on any atom is -0.450 e. The molecule has 0 aliphatic carbocycles. The highest BCUT2D eigenvalue weighted by Crippen LogP contribution is 2.45. The van der Waals surface area contributed by atoms with Crippen molar-refractivity contribution >= 4 is 35.5 Å². The Balaban J connectivity index is 1.48. The van der Waals surface area contributed by atoms with Crippen molar-refractivity contribution in [2.45, 2.75) is 30.4 Å². The number of amides is 2. The molecule has 25 heavy (non-hydrogen) atoms. The summed E-state index contributed by atoms with van der Waals surface area (Å²) in [7, 11) is 0. The number of thioether (sulfide) groups is 2. The number of ether oxygens (including phenoxy) is 1. The molecule has 0 bridgehead atoms. The summed E-state index contributed by atoms with van der Waals surface area (Å²) in [6.45, 7) is 3.45. The predicted octanol–water partition coefficient (Wildman–Crippen LogP) is 3.52.